The van der Waals surface area contributed by atoms with Crippen LogP contribution in [0.5, 0.6) is 0 Å². The Labute approximate surface area is 138 Å². The van der Waals surface area contributed by atoms with E-state index in [-0.39, 0.29) is 0 Å². The molecule has 0 amide bonds. The zero-order valence-corrected chi connectivity index (χ0v) is 14.1. The van der Waals surface area contributed by atoms with Crippen molar-refractivity contribution in [3.05, 3.63) is 64.1 Å². The summed E-state index contributed by atoms with van der Waals surface area (Å²) < 4.78 is 1.15. The molecular weight excluding hydrogens is 344 g/mol. The van der Waals surface area contributed by atoms with Gasteiger partial charge in [0.2, 0.25) is 0 Å². The molecule has 1 N–H and O–H groups in total. The summed E-state index contributed by atoms with van der Waals surface area (Å²) in [7, 11) is 0. The van der Waals surface area contributed by atoms with Crippen molar-refractivity contribution in [2.24, 2.45) is 4.99 Å². The van der Waals surface area contributed by atoms with Gasteiger partial charge in [0.1, 0.15) is 5.84 Å². The van der Waals surface area contributed by atoms with Crippen LogP contribution in [0.15, 0.2) is 62.9 Å². The van der Waals surface area contributed by atoms with Crippen LogP contribution in [-0.2, 0) is 5.75 Å². The normalized spacial score (nSPS) is 14.4. The van der Waals surface area contributed by atoms with E-state index in [2.05, 4.69) is 68.7 Å². The van der Waals surface area contributed by atoms with Gasteiger partial charge in [-0.15, -0.1) is 11.8 Å². The van der Waals surface area contributed by atoms with Gasteiger partial charge < -0.3 is 5.32 Å². The zero-order chi connectivity index (χ0) is 14.5. The minimum atomic E-state index is 0.925. The van der Waals surface area contributed by atoms with Gasteiger partial charge in [-0.1, -0.05) is 36.4 Å². The molecule has 0 saturated heterocycles. The monoisotopic (exact) mass is 360 g/mol. The van der Waals surface area contributed by atoms with E-state index in [0.717, 1.165) is 35.6 Å². The van der Waals surface area contributed by atoms with Crippen molar-refractivity contribution in [1.82, 2.24) is 5.32 Å². The Morgan fingerprint density at radius 3 is 2.71 bits per heavy atom. The molecule has 0 atom stereocenters. The standard InChI is InChI=1S/C17H17BrN2S/c18-15-8-3-4-9-16(15)21-12-13-6-1-2-7-14(13)17-19-10-5-11-20-17/h1-4,6-9H,5,10-12H2,(H,19,20). The number of nitrogens with zero attached hydrogens (tertiary/aromatic N) is 1. The average Bonchev–Trinajstić information content (AvgIpc) is 2.55. The minimum Gasteiger partial charge on any atom is -0.370 e. The summed E-state index contributed by atoms with van der Waals surface area (Å²) in [5.74, 6) is 1.99. The van der Waals surface area contributed by atoms with Crippen LogP contribution in [0.3, 0.4) is 0 Å². The van der Waals surface area contributed by atoms with Crippen molar-refractivity contribution >= 4 is 33.5 Å². The van der Waals surface area contributed by atoms with Gasteiger partial charge in [-0.2, -0.15) is 0 Å². The van der Waals surface area contributed by atoms with E-state index in [9.17, 15) is 0 Å². The van der Waals surface area contributed by atoms with Crippen LogP contribution >= 0.6 is 27.7 Å². The fourth-order valence-corrected chi connectivity index (χ4v) is 3.88. The first-order chi connectivity index (χ1) is 10.3. The summed E-state index contributed by atoms with van der Waals surface area (Å²) in [5.41, 5.74) is 2.56. The fraction of sp³-hybridized carbons (Fsp3) is 0.235. The van der Waals surface area contributed by atoms with E-state index in [1.54, 1.807) is 0 Å². The Morgan fingerprint density at radius 1 is 1.10 bits per heavy atom. The van der Waals surface area contributed by atoms with Gasteiger partial charge in [-0.3, -0.25) is 4.99 Å². The number of aliphatic imine (C=N–C) groups is 1. The highest BCUT2D eigenvalue weighted by molar-refractivity contribution is 9.10. The molecule has 1 aliphatic heterocycles. The summed E-state index contributed by atoms with van der Waals surface area (Å²) in [5, 5.41) is 3.42. The van der Waals surface area contributed by atoms with Crippen LogP contribution < -0.4 is 5.32 Å². The van der Waals surface area contributed by atoms with Gasteiger partial charge in [0.15, 0.2) is 0 Å². The lowest BCUT2D eigenvalue weighted by Gasteiger charge is -2.17. The Morgan fingerprint density at radius 2 is 1.90 bits per heavy atom. The largest absolute Gasteiger partial charge is 0.370 e. The van der Waals surface area contributed by atoms with E-state index in [1.165, 1.54) is 16.0 Å². The highest BCUT2D eigenvalue weighted by atomic mass is 79.9. The second-order valence-electron chi connectivity index (χ2n) is 4.89. The Hall–Kier alpha value is -1.26. The van der Waals surface area contributed by atoms with E-state index < -0.39 is 0 Å². The molecule has 4 heteroatoms. The Bertz CT molecular complexity index is 655. The van der Waals surface area contributed by atoms with Crippen LogP contribution in [0.4, 0.5) is 0 Å². The molecule has 0 saturated carbocycles. The maximum Gasteiger partial charge on any atom is 0.128 e. The Kier molecular flexibility index (Phi) is 4.99. The molecule has 2 nitrogen and oxygen atoms in total. The number of thioether (sulfide) groups is 1. The number of hydrogen-bond acceptors (Lipinski definition) is 3. The van der Waals surface area contributed by atoms with Crippen molar-refractivity contribution < 1.29 is 0 Å². The summed E-state index contributed by atoms with van der Waals surface area (Å²) in [6.45, 7) is 1.94. The number of rotatable bonds is 4. The topological polar surface area (TPSA) is 24.4 Å². The molecule has 0 aromatic heterocycles. The van der Waals surface area contributed by atoms with E-state index >= 15 is 0 Å². The molecule has 2 aromatic rings. The van der Waals surface area contributed by atoms with Gasteiger partial charge in [0.05, 0.1) is 0 Å². The van der Waals surface area contributed by atoms with Gasteiger partial charge in [0.25, 0.3) is 0 Å². The SMILES string of the molecule is Brc1ccccc1SCc1ccccc1C1=NCCCN1. The molecule has 1 aliphatic rings. The first-order valence-corrected chi connectivity index (χ1v) is 8.86. The highest BCUT2D eigenvalue weighted by Gasteiger charge is 2.11. The first kappa shape index (κ1) is 14.7. The van der Waals surface area contributed by atoms with Gasteiger partial charge in [-0.05, 0) is 40.0 Å². The van der Waals surface area contributed by atoms with Gasteiger partial charge in [0, 0.05) is 33.8 Å². The number of benzene rings is 2. The predicted molar refractivity (Wildman–Crippen MR) is 94.2 cm³/mol. The maximum atomic E-state index is 4.62. The molecule has 0 aliphatic carbocycles. The fourth-order valence-electron chi connectivity index (χ4n) is 2.31. The molecule has 0 unspecified atom stereocenters. The van der Waals surface area contributed by atoms with Crippen LogP contribution in [0.2, 0.25) is 0 Å². The lowest BCUT2D eigenvalue weighted by atomic mass is 10.1. The molecule has 3 rings (SSSR count). The Balaban J connectivity index is 1.80. The van der Waals surface area contributed by atoms with Crippen molar-refractivity contribution in [3.8, 4) is 0 Å². The molecule has 0 fully saturated rings. The molecule has 21 heavy (non-hydrogen) atoms. The van der Waals surface area contributed by atoms with Crippen molar-refractivity contribution in [3.63, 3.8) is 0 Å². The second kappa shape index (κ2) is 7.14. The summed E-state index contributed by atoms with van der Waals surface area (Å²) in [4.78, 5) is 5.89. The molecule has 2 aromatic carbocycles. The number of halogens is 1. The van der Waals surface area contributed by atoms with E-state index in [0.29, 0.717) is 0 Å². The lowest BCUT2D eigenvalue weighted by Crippen LogP contribution is -2.30. The maximum absolute atomic E-state index is 4.62. The first-order valence-electron chi connectivity index (χ1n) is 7.08. The number of amidine groups is 1. The minimum absolute atomic E-state index is 0.925. The van der Waals surface area contributed by atoms with Crippen molar-refractivity contribution in [1.29, 1.82) is 0 Å². The molecular formula is C17H17BrN2S. The third kappa shape index (κ3) is 3.69. The third-order valence-corrected chi connectivity index (χ3v) is 5.47. The van der Waals surface area contributed by atoms with E-state index in [1.807, 2.05) is 17.8 Å². The predicted octanol–water partition coefficient (Wildman–Crippen LogP) is 4.48. The van der Waals surface area contributed by atoms with Crippen LogP contribution in [0.1, 0.15) is 17.5 Å². The third-order valence-electron chi connectivity index (χ3n) is 3.39. The average molecular weight is 361 g/mol. The lowest BCUT2D eigenvalue weighted by molar-refractivity contribution is 0.742. The van der Waals surface area contributed by atoms with Crippen molar-refractivity contribution in [2.75, 3.05) is 13.1 Å². The number of hydrogen-bond donors (Lipinski definition) is 1. The zero-order valence-electron chi connectivity index (χ0n) is 11.7. The quantitative estimate of drug-likeness (QED) is 0.812. The smallest absolute Gasteiger partial charge is 0.128 e. The van der Waals surface area contributed by atoms with Crippen LogP contribution in [-0.4, -0.2) is 18.9 Å². The van der Waals surface area contributed by atoms with Crippen molar-refractivity contribution in [2.45, 2.75) is 17.1 Å². The molecule has 0 bridgehead atoms. The molecule has 0 radical (unpaired) electrons. The molecule has 0 spiro atoms. The summed E-state index contributed by atoms with van der Waals surface area (Å²) >= 11 is 5.46. The van der Waals surface area contributed by atoms with Gasteiger partial charge >= 0.3 is 0 Å². The van der Waals surface area contributed by atoms with Crippen LogP contribution in [0.25, 0.3) is 0 Å². The van der Waals surface area contributed by atoms with E-state index in [4.69, 9.17) is 0 Å². The number of nitrogens with one attached hydrogen (secondary N) is 1. The molecule has 108 valence electrons. The van der Waals surface area contributed by atoms with Gasteiger partial charge in [-0.25, -0.2) is 0 Å². The highest BCUT2D eigenvalue weighted by Crippen LogP contribution is 2.30. The van der Waals surface area contributed by atoms with Crippen LogP contribution in [0, 0.1) is 0 Å². The summed E-state index contributed by atoms with van der Waals surface area (Å²) in [6, 6.07) is 16.9. The second-order valence-corrected chi connectivity index (χ2v) is 6.76. The molecule has 1 heterocycles. The summed E-state index contributed by atoms with van der Waals surface area (Å²) in [6.07, 6.45) is 1.12.